The number of nitrogens with one attached hydrogen (secondary N) is 2. The Morgan fingerprint density at radius 2 is 2.03 bits per heavy atom. The van der Waals surface area contributed by atoms with Crippen molar-refractivity contribution in [2.45, 2.75) is 19.4 Å². The van der Waals surface area contributed by atoms with E-state index in [4.69, 9.17) is 0 Å². The molecule has 29 heavy (non-hydrogen) atoms. The number of anilines is 2. The molecule has 0 radical (unpaired) electrons. The highest BCUT2D eigenvalue weighted by molar-refractivity contribution is 6.02. The van der Waals surface area contributed by atoms with Gasteiger partial charge in [-0.2, -0.15) is 9.78 Å². The molecule has 1 aromatic heterocycles. The lowest BCUT2D eigenvalue weighted by atomic mass is 10.1. The zero-order chi connectivity index (χ0) is 20.4. The zero-order valence-corrected chi connectivity index (χ0v) is 16.4. The normalized spacial score (nSPS) is 16.0. The summed E-state index contributed by atoms with van der Waals surface area (Å²) in [5.74, 6) is -0.178. The van der Waals surface area contributed by atoms with E-state index >= 15 is 0 Å². The summed E-state index contributed by atoms with van der Waals surface area (Å²) in [5, 5.41) is 10.2. The maximum absolute atomic E-state index is 12.8. The highest BCUT2D eigenvalue weighted by atomic mass is 16.2. The SMILES string of the molecule is Cc1cccc(Cc2cnn(C(=O)N[C@H]3CNc4ccccc4N(C)C3=O)c2)c1. The van der Waals surface area contributed by atoms with Crippen LogP contribution in [0.2, 0.25) is 0 Å². The lowest BCUT2D eigenvalue weighted by molar-refractivity contribution is -0.119. The number of hydrogen-bond donors (Lipinski definition) is 2. The number of para-hydroxylation sites is 2. The van der Waals surface area contributed by atoms with Crippen LogP contribution in [0.5, 0.6) is 0 Å². The summed E-state index contributed by atoms with van der Waals surface area (Å²) in [7, 11) is 1.71. The van der Waals surface area contributed by atoms with E-state index in [1.54, 1.807) is 24.3 Å². The molecule has 0 aliphatic carbocycles. The fraction of sp³-hybridized carbons (Fsp3) is 0.227. The predicted molar refractivity (Wildman–Crippen MR) is 112 cm³/mol. The molecule has 0 saturated carbocycles. The van der Waals surface area contributed by atoms with Crippen LogP contribution in [-0.4, -0.2) is 41.4 Å². The van der Waals surface area contributed by atoms with Crippen LogP contribution >= 0.6 is 0 Å². The summed E-state index contributed by atoms with van der Waals surface area (Å²) < 4.78 is 1.25. The van der Waals surface area contributed by atoms with Gasteiger partial charge in [-0.15, -0.1) is 0 Å². The van der Waals surface area contributed by atoms with E-state index in [1.807, 2.05) is 49.4 Å². The van der Waals surface area contributed by atoms with E-state index in [-0.39, 0.29) is 5.91 Å². The van der Waals surface area contributed by atoms with E-state index in [1.165, 1.54) is 10.2 Å². The van der Waals surface area contributed by atoms with Gasteiger partial charge in [0.1, 0.15) is 6.04 Å². The van der Waals surface area contributed by atoms with Crippen molar-refractivity contribution < 1.29 is 9.59 Å². The van der Waals surface area contributed by atoms with Crippen molar-refractivity contribution in [2.75, 3.05) is 23.8 Å². The molecule has 0 unspecified atom stereocenters. The lowest BCUT2D eigenvalue weighted by Gasteiger charge is -2.21. The van der Waals surface area contributed by atoms with Gasteiger partial charge in [0.25, 0.3) is 5.91 Å². The topological polar surface area (TPSA) is 79.3 Å². The molecule has 2 aromatic carbocycles. The summed E-state index contributed by atoms with van der Waals surface area (Å²) in [6, 6.07) is 14.7. The standard InChI is InChI=1S/C22H23N5O2/c1-15-6-5-7-16(10-15)11-17-12-24-27(14-17)22(29)25-19-13-23-18-8-3-4-9-20(18)26(2)21(19)28/h3-10,12,14,19,23H,11,13H2,1-2H3,(H,25,29)/t19-/m0/s1. The molecule has 2 heterocycles. The van der Waals surface area contributed by atoms with E-state index in [2.05, 4.69) is 21.8 Å². The quantitative estimate of drug-likeness (QED) is 0.722. The molecule has 7 heteroatoms. The number of aryl methyl sites for hydroxylation is 1. The van der Waals surface area contributed by atoms with E-state index in [0.29, 0.717) is 13.0 Å². The van der Waals surface area contributed by atoms with Gasteiger partial charge in [-0.3, -0.25) is 4.79 Å². The van der Waals surface area contributed by atoms with Crippen molar-refractivity contribution in [2.24, 2.45) is 0 Å². The Bertz CT molecular complexity index is 1060. The highest BCUT2D eigenvalue weighted by Gasteiger charge is 2.29. The Kier molecular flexibility index (Phi) is 5.03. The summed E-state index contributed by atoms with van der Waals surface area (Å²) >= 11 is 0. The summed E-state index contributed by atoms with van der Waals surface area (Å²) in [4.78, 5) is 27.0. The average molecular weight is 389 g/mol. The number of fused-ring (bicyclic) bond motifs is 1. The fourth-order valence-electron chi connectivity index (χ4n) is 3.52. The number of benzene rings is 2. The Labute approximate surface area is 169 Å². The number of amides is 2. The van der Waals surface area contributed by atoms with Crippen LogP contribution in [0.4, 0.5) is 16.2 Å². The van der Waals surface area contributed by atoms with Crippen LogP contribution in [0.25, 0.3) is 0 Å². The molecule has 0 spiro atoms. The van der Waals surface area contributed by atoms with Gasteiger partial charge in [0.05, 0.1) is 17.6 Å². The van der Waals surface area contributed by atoms with Crippen LogP contribution in [0.15, 0.2) is 60.9 Å². The summed E-state index contributed by atoms with van der Waals surface area (Å²) in [6.45, 7) is 2.36. The molecule has 4 rings (SSSR count). The van der Waals surface area contributed by atoms with Crippen molar-refractivity contribution in [3.8, 4) is 0 Å². The van der Waals surface area contributed by atoms with Crippen LogP contribution in [-0.2, 0) is 11.2 Å². The molecule has 2 amide bonds. The number of carbonyl (C=O) groups is 2. The number of likely N-dealkylation sites (N-methyl/N-ethyl adjacent to an activating group) is 1. The minimum atomic E-state index is -0.690. The molecule has 1 aliphatic rings. The van der Waals surface area contributed by atoms with Crippen LogP contribution in [0.1, 0.15) is 16.7 Å². The van der Waals surface area contributed by atoms with Gasteiger partial charge in [-0.1, -0.05) is 42.0 Å². The lowest BCUT2D eigenvalue weighted by Crippen LogP contribution is -2.50. The second kappa shape index (κ2) is 7.79. The molecular weight excluding hydrogens is 366 g/mol. The number of aromatic nitrogens is 2. The molecule has 0 bridgehead atoms. The summed E-state index contributed by atoms with van der Waals surface area (Å²) in [6.07, 6.45) is 4.07. The second-order valence-electron chi connectivity index (χ2n) is 7.26. The van der Waals surface area contributed by atoms with Gasteiger partial charge >= 0.3 is 6.03 Å². The maximum atomic E-state index is 12.8. The van der Waals surface area contributed by atoms with Crippen LogP contribution in [0.3, 0.4) is 0 Å². The number of hydrogen-bond acceptors (Lipinski definition) is 4. The summed E-state index contributed by atoms with van der Waals surface area (Å²) in [5.41, 5.74) is 4.93. The third kappa shape index (κ3) is 3.99. The van der Waals surface area contributed by atoms with Crippen molar-refractivity contribution in [1.82, 2.24) is 15.1 Å². The van der Waals surface area contributed by atoms with Gasteiger partial charge in [0.2, 0.25) is 0 Å². The average Bonchev–Trinajstić information content (AvgIpc) is 3.14. The number of carbonyl (C=O) groups excluding carboxylic acids is 2. The Morgan fingerprint density at radius 1 is 1.21 bits per heavy atom. The molecule has 0 saturated heterocycles. The molecule has 0 fully saturated rings. The molecule has 148 valence electrons. The first kappa shape index (κ1) is 18.7. The molecule has 1 atom stereocenters. The highest BCUT2D eigenvalue weighted by Crippen LogP contribution is 2.27. The largest absolute Gasteiger partial charge is 0.381 e. The molecule has 7 nitrogen and oxygen atoms in total. The number of nitrogens with zero attached hydrogens (tertiary/aromatic N) is 3. The van der Waals surface area contributed by atoms with Gasteiger partial charge in [0.15, 0.2) is 0 Å². The molecular formula is C22H23N5O2. The minimum Gasteiger partial charge on any atom is -0.381 e. The van der Waals surface area contributed by atoms with E-state index in [0.717, 1.165) is 22.5 Å². The van der Waals surface area contributed by atoms with Gasteiger partial charge in [-0.25, -0.2) is 4.79 Å². The Balaban J connectivity index is 1.44. The predicted octanol–water partition coefficient (Wildman–Crippen LogP) is 2.80. The van der Waals surface area contributed by atoms with Gasteiger partial charge in [-0.05, 0) is 30.2 Å². The van der Waals surface area contributed by atoms with Crippen molar-refractivity contribution in [3.63, 3.8) is 0 Å². The monoisotopic (exact) mass is 389 g/mol. The third-order valence-corrected chi connectivity index (χ3v) is 5.02. The Morgan fingerprint density at radius 3 is 2.86 bits per heavy atom. The van der Waals surface area contributed by atoms with E-state index in [9.17, 15) is 9.59 Å². The van der Waals surface area contributed by atoms with Crippen LogP contribution in [0, 0.1) is 6.92 Å². The fourth-order valence-corrected chi connectivity index (χ4v) is 3.52. The molecule has 1 aliphatic heterocycles. The first-order valence-corrected chi connectivity index (χ1v) is 9.52. The molecule has 2 N–H and O–H groups in total. The van der Waals surface area contributed by atoms with Gasteiger partial charge < -0.3 is 15.5 Å². The Hall–Kier alpha value is -3.61. The second-order valence-corrected chi connectivity index (χ2v) is 7.26. The van der Waals surface area contributed by atoms with E-state index < -0.39 is 12.1 Å². The van der Waals surface area contributed by atoms with Crippen molar-refractivity contribution in [3.05, 3.63) is 77.6 Å². The zero-order valence-electron chi connectivity index (χ0n) is 16.4. The minimum absolute atomic E-state index is 0.178. The van der Waals surface area contributed by atoms with Crippen LogP contribution < -0.4 is 15.5 Å². The van der Waals surface area contributed by atoms with Crippen molar-refractivity contribution >= 4 is 23.3 Å². The number of rotatable bonds is 3. The van der Waals surface area contributed by atoms with Crippen molar-refractivity contribution in [1.29, 1.82) is 0 Å². The first-order valence-electron chi connectivity index (χ1n) is 9.52. The molecule has 3 aromatic rings. The maximum Gasteiger partial charge on any atom is 0.342 e. The first-order chi connectivity index (χ1) is 14.0. The van der Waals surface area contributed by atoms with Gasteiger partial charge in [0, 0.05) is 26.2 Å². The smallest absolute Gasteiger partial charge is 0.342 e. The third-order valence-electron chi connectivity index (χ3n) is 5.02.